The second-order valence-electron chi connectivity index (χ2n) is 3.65. The first-order valence-electron chi connectivity index (χ1n) is 5.45. The average Bonchev–Trinajstić information content (AvgIpc) is 2.37. The lowest BCUT2D eigenvalue weighted by Gasteiger charge is -2.06. The summed E-state index contributed by atoms with van der Waals surface area (Å²) in [5.41, 5.74) is 0.601. The van der Waals surface area contributed by atoms with Gasteiger partial charge in [0.1, 0.15) is 0 Å². The molecule has 1 heterocycles. The lowest BCUT2D eigenvalue weighted by Crippen LogP contribution is -2.23. The number of fused-ring (bicyclic) bond motifs is 1. The molecule has 1 amide bonds. The Hall–Kier alpha value is -2.50. The van der Waals surface area contributed by atoms with Gasteiger partial charge in [-0.25, -0.2) is 0 Å². The molecule has 18 heavy (non-hydrogen) atoms. The summed E-state index contributed by atoms with van der Waals surface area (Å²) in [7, 11) is 0. The normalized spacial score (nSPS) is 10.3. The minimum absolute atomic E-state index is 0.109. The maximum atomic E-state index is 11.9. The predicted octanol–water partition coefficient (Wildman–Crippen LogP) is 1.89. The number of aromatic nitrogens is 1. The highest BCUT2D eigenvalue weighted by molar-refractivity contribution is 6.09. The highest BCUT2D eigenvalue weighted by Gasteiger charge is 2.19. The van der Waals surface area contributed by atoms with Gasteiger partial charge in [0.05, 0.1) is 21.4 Å². The van der Waals surface area contributed by atoms with Crippen molar-refractivity contribution in [3.8, 4) is 0 Å². The van der Waals surface area contributed by atoms with Crippen LogP contribution in [0.1, 0.15) is 17.3 Å². The van der Waals surface area contributed by atoms with Crippen molar-refractivity contribution in [1.29, 1.82) is 0 Å². The Labute approximate surface area is 103 Å². The zero-order valence-corrected chi connectivity index (χ0v) is 9.71. The third-order valence-corrected chi connectivity index (χ3v) is 2.52. The van der Waals surface area contributed by atoms with Crippen molar-refractivity contribution in [3.05, 3.63) is 46.1 Å². The van der Waals surface area contributed by atoms with Crippen LogP contribution in [-0.4, -0.2) is 22.4 Å². The van der Waals surface area contributed by atoms with Crippen LogP contribution in [0.15, 0.2) is 30.5 Å². The molecule has 2 rings (SSSR count). The quantitative estimate of drug-likeness (QED) is 0.661. The molecule has 1 aromatic heterocycles. The Kier molecular flexibility index (Phi) is 3.18. The first-order chi connectivity index (χ1) is 8.65. The molecular formula is C12H11N3O3. The van der Waals surface area contributed by atoms with E-state index in [0.29, 0.717) is 12.1 Å². The van der Waals surface area contributed by atoms with Crippen LogP contribution in [0, 0.1) is 10.1 Å². The largest absolute Gasteiger partial charge is 0.352 e. The van der Waals surface area contributed by atoms with Crippen LogP contribution < -0.4 is 5.32 Å². The topological polar surface area (TPSA) is 85.1 Å². The van der Waals surface area contributed by atoms with Gasteiger partial charge in [0.25, 0.3) is 11.6 Å². The van der Waals surface area contributed by atoms with E-state index < -0.39 is 4.92 Å². The summed E-state index contributed by atoms with van der Waals surface area (Å²) in [4.78, 5) is 26.4. The number of carbonyl (C=O) groups is 1. The molecule has 0 fully saturated rings. The Morgan fingerprint density at radius 3 is 2.89 bits per heavy atom. The van der Waals surface area contributed by atoms with Crippen LogP contribution in [0.4, 0.5) is 5.69 Å². The number of nitro groups is 1. The molecule has 0 aliphatic carbocycles. The second-order valence-corrected chi connectivity index (χ2v) is 3.65. The first-order valence-corrected chi connectivity index (χ1v) is 5.45. The van der Waals surface area contributed by atoms with Crippen molar-refractivity contribution in [2.75, 3.05) is 6.54 Å². The molecule has 1 aromatic carbocycles. The predicted molar refractivity (Wildman–Crippen MR) is 66.4 cm³/mol. The van der Waals surface area contributed by atoms with Gasteiger partial charge in [-0.2, -0.15) is 0 Å². The molecule has 0 aliphatic rings. The molecule has 0 saturated carbocycles. The van der Waals surface area contributed by atoms with Crippen molar-refractivity contribution in [1.82, 2.24) is 10.3 Å². The number of carbonyl (C=O) groups excluding carboxylic acids is 1. The number of hydrogen-bond acceptors (Lipinski definition) is 4. The number of amides is 1. The molecule has 2 aromatic rings. The zero-order chi connectivity index (χ0) is 13.1. The third kappa shape index (κ3) is 2.00. The molecule has 0 aliphatic heterocycles. The van der Waals surface area contributed by atoms with Crippen molar-refractivity contribution in [3.63, 3.8) is 0 Å². The minimum atomic E-state index is -0.507. The van der Waals surface area contributed by atoms with Crippen molar-refractivity contribution in [2.24, 2.45) is 0 Å². The summed E-state index contributed by atoms with van der Waals surface area (Å²) in [6.07, 6.45) is 1.47. The molecule has 0 saturated heterocycles. The smallest absolute Gasteiger partial charge is 0.279 e. The number of nitro benzene ring substituents is 1. The molecule has 0 unspecified atom stereocenters. The molecular weight excluding hydrogens is 234 g/mol. The van der Waals surface area contributed by atoms with Gasteiger partial charge in [-0.05, 0) is 19.1 Å². The van der Waals surface area contributed by atoms with E-state index in [2.05, 4.69) is 10.3 Å². The van der Waals surface area contributed by atoms with Gasteiger partial charge in [-0.3, -0.25) is 19.9 Å². The summed E-state index contributed by atoms with van der Waals surface area (Å²) in [6, 6.07) is 6.05. The fourth-order valence-corrected chi connectivity index (χ4v) is 1.78. The van der Waals surface area contributed by atoms with Crippen LogP contribution in [0.25, 0.3) is 10.9 Å². The SMILES string of the molecule is CCNC(=O)c1ccnc2cccc([N+](=O)[O-])c12. The zero-order valence-electron chi connectivity index (χ0n) is 9.71. The summed E-state index contributed by atoms with van der Waals surface area (Å²) >= 11 is 0. The Morgan fingerprint density at radius 1 is 1.44 bits per heavy atom. The monoisotopic (exact) mass is 245 g/mol. The van der Waals surface area contributed by atoms with Crippen molar-refractivity contribution < 1.29 is 9.72 Å². The summed E-state index contributed by atoms with van der Waals surface area (Å²) in [5, 5.41) is 13.9. The maximum absolute atomic E-state index is 11.9. The molecule has 0 bridgehead atoms. The molecule has 0 spiro atoms. The molecule has 0 atom stereocenters. The van der Waals surface area contributed by atoms with Crippen LogP contribution in [-0.2, 0) is 0 Å². The van der Waals surface area contributed by atoms with E-state index >= 15 is 0 Å². The summed E-state index contributed by atoms with van der Waals surface area (Å²) in [5.74, 6) is -0.334. The number of hydrogen-bond donors (Lipinski definition) is 1. The van der Waals surface area contributed by atoms with Crippen LogP contribution >= 0.6 is 0 Å². The number of nitrogens with one attached hydrogen (secondary N) is 1. The maximum Gasteiger partial charge on any atom is 0.279 e. The highest BCUT2D eigenvalue weighted by Crippen LogP contribution is 2.27. The van der Waals surface area contributed by atoms with Crippen molar-refractivity contribution >= 4 is 22.5 Å². The fraction of sp³-hybridized carbons (Fsp3) is 0.167. The van der Waals surface area contributed by atoms with Crippen LogP contribution in [0.2, 0.25) is 0 Å². The number of rotatable bonds is 3. The minimum Gasteiger partial charge on any atom is -0.352 e. The number of benzene rings is 1. The Bertz CT molecular complexity index is 620. The number of nitrogens with zero attached hydrogens (tertiary/aromatic N) is 2. The van der Waals surface area contributed by atoms with Gasteiger partial charge in [0, 0.05) is 18.8 Å². The van der Waals surface area contributed by atoms with Gasteiger partial charge in [0.15, 0.2) is 0 Å². The van der Waals surface area contributed by atoms with Crippen molar-refractivity contribution in [2.45, 2.75) is 6.92 Å². The molecule has 1 N–H and O–H groups in total. The van der Waals surface area contributed by atoms with Gasteiger partial charge < -0.3 is 5.32 Å². The lowest BCUT2D eigenvalue weighted by molar-refractivity contribution is -0.383. The molecule has 6 nitrogen and oxygen atoms in total. The number of pyridine rings is 1. The Morgan fingerprint density at radius 2 is 2.22 bits per heavy atom. The lowest BCUT2D eigenvalue weighted by atomic mass is 10.1. The van der Waals surface area contributed by atoms with Crippen LogP contribution in [0.3, 0.4) is 0 Å². The van der Waals surface area contributed by atoms with Gasteiger partial charge >= 0.3 is 0 Å². The summed E-state index contributed by atoms with van der Waals surface area (Å²) in [6.45, 7) is 2.25. The molecule has 0 radical (unpaired) electrons. The second kappa shape index (κ2) is 4.79. The number of non-ortho nitro benzene ring substituents is 1. The third-order valence-electron chi connectivity index (χ3n) is 2.52. The van der Waals surface area contributed by atoms with E-state index in [1.165, 1.54) is 18.3 Å². The van der Waals surface area contributed by atoms with E-state index in [-0.39, 0.29) is 22.5 Å². The average molecular weight is 245 g/mol. The molecule has 6 heteroatoms. The van der Waals surface area contributed by atoms with E-state index in [4.69, 9.17) is 0 Å². The van der Waals surface area contributed by atoms with Gasteiger partial charge in [-0.15, -0.1) is 0 Å². The van der Waals surface area contributed by atoms with Gasteiger partial charge in [0.2, 0.25) is 0 Å². The highest BCUT2D eigenvalue weighted by atomic mass is 16.6. The van der Waals surface area contributed by atoms with Gasteiger partial charge in [-0.1, -0.05) is 6.07 Å². The summed E-state index contributed by atoms with van der Waals surface area (Å²) < 4.78 is 0. The molecule has 92 valence electrons. The Balaban J connectivity index is 2.73. The van der Waals surface area contributed by atoms with E-state index in [1.807, 2.05) is 0 Å². The van der Waals surface area contributed by atoms with E-state index in [1.54, 1.807) is 19.1 Å². The first kappa shape index (κ1) is 12.0. The standard InChI is InChI=1S/C12H11N3O3/c1-2-13-12(16)8-6-7-14-9-4-3-5-10(11(8)9)15(17)18/h3-7H,2H2,1H3,(H,13,16). The van der Waals surface area contributed by atoms with E-state index in [0.717, 1.165) is 0 Å². The fourth-order valence-electron chi connectivity index (χ4n) is 1.78. The van der Waals surface area contributed by atoms with E-state index in [9.17, 15) is 14.9 Å². The van der Waals surface area contributed by atoms with Crippen LogP contribution in [0.5, 0.6) is 0 Å².